The highest BCUT2D eigenvalue weighted by molar-refractivity contribution is 6.24. The Balaban J connectivity index is 1.53. The first-order chi connectivity index (χ1) is 16.1. The van der Waals surface area contributed by atoms with E-state index in [-0.39, 0.29) is 22.7 Å². The number of rotatable bonds is 6. The Labute approximate surface area is 189 Å². The molecule has 2 aromatic carbocycles. The van der Waals surface area contributed by atoms with Gasteiger partial charge in [-0.05, 0) is 24.3 Å². The van der Waals surface area contributed by atoms with Gasteiger partial charge in [0.2, 0.25) is 11.8 Å². The van der Waals surface area contributed by atoms with Crippen LogP contribution < -0.4 is 9.80 Å². The highest BCUT2D eigenvalue weighted by Gasteiger charge is 2.50. The highest BCUT2D eigenvalue weighted by atomic mass is 16.6. The number of carbonyl (C=O) groups is 4. The van der Waals surface area contributed by atoms with Crippen molar-refractivity contribution in [3.8, 4) is 0 Å². The summed E-state index contributed by atoms with van der Waals surface area (Å²) in [5.41, 5.74) is -0.384. The summed E-state index contributed by atoms with van der Waals surface area (Å²) >= 11 is 0. The molecular weight excluding hydrogens is 454 g/mol. The van der Waals surface area contributed by atoms with E-state index in [9.17, 15) is 44.6 Å². The summed E-state index contributed by atoms with van der Waals surface area (Å²) in [4.78, 5) is 72.5. The fourth-order valence-corrected chi connectivity index (χ4v) is 3.85. The van der Waals surface area contributed by atoms with Crippen molar-refractivity contribution in [1.29, 1.82) is 0 Å². The minimum Gasteiger partial charge on any atom is -0.312 e. The number of hydroxylamine groups is 2. The Bertz CT molecular complexity index is 1130. The van der Waals surface area contributed by atoms with Crippen molar-refractivity contribution in [2.45, 2.75) is 24.9 Å². The van der Waals surface area contributed by atoms with E-state index in [1.807, 2.05) is 0 Å². The maximum Gasteiger partial charge on any atom is 0.269 e. The summed E-state index contributed by atoms with van der Waals surface area (Å²) in [5, 5.41) is 32.6. The molecule has 1 N–H and O–H groups in total. The molecule has 4 rings (SSSR count). The van der Waals surface area contributed by atoms with E-state index in [2.05, 4.69) is 0 Å². The molecule has 4 amide bonds. The Morgan fingerprint density at radius 2 is 1.03 bits per heavy atom. The molecule has 0 saturated carbocycles. The number of nitro groups is 2. The molecule has 2 atom stereocenters. The largest absolute Gasteiger partial charge is 0.312 e. The molecule has 0 aromatic heterocycles. The lowest BCUT2D eigenvalue weighted by Crippen LogP contribution is -2.49. The number of anilines is 2. The molecule has 174 valence electrons. The molecule has 14 heteroatoms. The zero-order chi connectivity index (χ0) is 24.7. The van der Waals surface area contributed by atoms with Gasteiger partial charge in [-0.25, -0.2) is 9.80 Å². The first-order valence-electron chi connectivity index (χ1n) is 9.80. The van der Waals surface area contributed by atoms with Gasteiger partial charge in [0.15, 0.2) is 0 Å². The van der Waals surface area contributed by atoms with Crippen LogP contribution in [0.3, 0.4) is 0 Å². The minimum absolute atomic E-state index is 0.0535. The molecule has 0 aliphatic carbocycles. The highest BCUT2D eigenvalue weighted by Crippen LogP contribution is 2.31. The first-order valence-corrected chi connectivity index (χ1v) is 9.80. The zero-order valence-corrected chi connectivity index (χ0v) is 17.1. The number of nitrogens with zero attached hydrogens (tertiary/aromatic N) is 5. The number of non-ortho nitro benzene ring substituents is 2. The van der Waals surface area contributed by atoms with Crippen LogP contribution in [0.5, 0.6) is 0 Å². The van der Waals surface area contributed by atoms with Crippen LogP contribution in [-0.4, -0.2) is 55.8 Å². The quantitative estimate of drug-likeness (QED) is 0.366. The van der Waals surface area contributed by atoms with Gasteiger partial charge in [0.1, 0.15) is 12.1 Å². The van der Waals surface area contributed by atoms with E-state index in [0.29, 0.717) is 5.06 Å². The summed E-state index contributed by atoms with van der Waals surface area (Å²) < 4.78 is 0. The fraction of sp³-hybridized carbons (Fsp3) is 0.200. The smallest absolute Gasteiger partial charge is 0.269 e. The van der Waals surface area contributed by atoms with E-state index in [1.54, 1.807) is 0 Å². The van der Waals surface area contributed by atoms with Gasteiger partial charge in [0, 0.05) is 24.3 Å². The monoisotopic (exact) mass is 469 g/mol. The molecule has 2 fully saturated rings. The molecule has 0 bridgehead atoms. The van der Waals surface area contributed by atoms with Crippen LogP contribution in [0.2, 0.25) is 0 Å². The SMILES string of the molecule is O=C1CC(N(O)C2CC(=O)N(c3ccc([N+](=O)[O-])cc3)C2=O)C(=O)N1c1ccc([N+](=O)[O-])cc1. The number of nitro benzene ring substituents is 2. The van der Waals surface area contributed by atoms with Crippen molar-refractivity contribution >= 4 is 46.4 Å². The van der Waals surface area contributed by atoms with Gasteiger partial charge in [-0.15, -0.1) is 0 Å². The average Bonchev–Trinajstić information content (AvgIpc) is 3.27. The number of benzene rings is 2. The zero-order valence-electron chi connectivity index (χ0n) is 17.1. The number of hydrogen-bond acceptors (Lipinski definition) is 10. The van der Waals surface area contributed by atoms with Gasteiger partial charge in [-0.1, -0.05) is 0 Å². The van der Waals surface area contributed by atoms with Crippen LogP contribution in [0, 0.1) is 20.2 Å². The van der Waals surface area contributed by atoms with Gasteiger partial charge in [-0.2, -0.15) is 5.06 Å². The second-order valence-electron chi connectivity index (χ2n) is 7.50. The van der Waals surface area contributed by atoms with E-state index in [1.165, 1.54) is 24.3 Å². The molecule has 2 unspecified atom stereocenters. The number of carbonyl (C=O) groups excluding carboxylic acids is 4. The lowest BCUT2D eigenvalue weighted by atomic mass is 10.1. The topological polar surface area (TPSA) is 185 Å². The Morgan fingerprint density at radius 3 is 1.32 bits per heavy atom. The molecule has 0 radical (unpaired) electrons. The minimum atomic E-state index is -1.46. The van der Waals surface area contributed by atoms with E-state index < -0.39 is 58.4 Å². The van der Waals surface area contributed by atoms with Crippen molar-refractivity contribution in [3.05, 3.63) is 68.8 Å². The van der Waals surface area contributed by atoms with Gasteiger partial charge in [-0.3, -0.25) is 39.4 Å². The normalized spacial score (nSPS) is 20.5. The third-order valence-electron chi connectivity index (χ3n) is 5.52. The van der Waals surface area contributed by atoms with Crippen molar-refractivity contribution in [2.75, 3.05) is 9.80 Å². The maximum atomic E-state index is 12.9. The van der Waals surface area contributed by atoms with Gasteiger partial charge < -0.3 is 5.21 Å². The van der Waals surface area contributed by atoms with Crippen LogP contribution in [0.1, 0.15) is 12.8 Å². The number of amides is 4. The predicted octanol–water partition coefficient (Wildman–Crippen LogP) is 1.16. The summed E-state index contributed by atoms with van der Waals surface area (Å²) in [6, 6.07) is 6.36. The molecule has 2 aromatic rings. The van der Waals surface area contributed by atoms with E-state index in [0.717, 1.165) is 34.1 Å². The predicted molar refractivity (Wildman–Crippen MR) is 112 cm³/mol. The summed E-state index contributed by atoms with van der Waals surface area (Å²) in [5.74, 6) is -3.13. The van der Waals surface area contributed by atoms with Crippen LogP contribution in [0.15, 0.2) is 48.5 Å². The molecule has 2 aliphatic heterocycles. The summed E-state index contributed by atoms with van der Waals surface area (Å²) in [6.07, 6.45) is -0.969. The maximum absolute atomic E-state index is 12.9. The van der Waals surface area contributed by atoms with Crippen molar-refractivity contribution in [2.24, 2.45) is 0 Å². The lowest BCUT2D eigenvalue weighted by molar-refractivity contribution is -0.385. The van der Waals surface area contributed by atoms with Crippen molar-refractivity contribution in [1.82, 2.24) is 5.06 Å². The molecular formula is C20H15N5O9. The summed E-state index contributed by atoms with van der Waals surface area (Å²) in [6.45, 7) is 0. The summed E-state index contributed by atoms with van der Waals surface area (Å²) in [7, 11) is 0. The van der Waals surface area contributed by atoms with E-state index in [4.69, 9.17) is 0 Å². The standard InChI is InChI=1S/C20H15N5O9/c26-17-9-15(19(28)21(17)11-1-5-13(6-2-11)24(31)32)23(30)16-10-18(27)22(20(16)29)12-3-7-14(8-4-12)25(33)34/h1-8,15-16,30H,9-10H2. The van der Waals surface area contributed by atoms with Gasteiger partial charge >= 0.3 is 0 Å². The van der Waals surface area contributed by atoms with Gasteiger partial charge in [0.05, 0.1) is 34.1 Å². The Hall–Kier alpha value is -4.56. The van der Waals surface area contributed by atoms with Crippen molar-refractivity contribution in [3.63, 3.8) is 0 Å². The number of hydrogen-bond donors (Lipinski definition) is 1. The van der Waals surface area contributed by atoms with Crippen LogP contribution in [0.25, 0.3) is 0 Å². The van der Waals surface area contributed by atoms with Gasteiger partial charge in [0.25, 0.3) is 23.2 Å². The molecule has 2 heterocycles. The average molecular weight is 469 g/mol. The number of imide groups is 2. The first kappa shape index (κ1) is 22.6. The molecule has 0 spiro atoms. The van der Waals surface area contributed by atoms with Crippen LogP contribution in [0.4, 0.5) is 22.7 Å². The Kier molecular flexibility index (Phi) is 5.60. The lowest BCUT2D eigenvalue weighted by Gasteiger charge is -2.25. The molecule has 2 saturated heterocycles. The fourth-order valence-electron chi connectivity index (χ4n) is 3.85. The third-order valence-corrected chi connectivity index (χ3v) is 5.52. The van der Waals surface area contributed by atoms with Crippen molar-refractivity contribution < 1.29 is 34.2 Å². The molecule has 14 nitrogen and oxygen atoms in total. The van der Waals surface area contributed by atoms with Crippen LogP contribution >= 0.6 is 0 Å². The third kappa shape index (κ3) is 3.76. The van der Waals surface area contributed by atoms with E-state index >= 15 is 0 Å². The molecule has 2 aliphatic rings. The molecule has 34 heavy (non-hydrogen) atoms. The van der Waals surface area contributed by atoms with Crippen LogP contribution in [-0.2, 0) is 19.2 Å². The second-order valence-corrected chi connectivity index (χ2v) is 7.50. The second kappa shape index (κ2) is 8.42. The Morgan fingerprint density at radius 1 is 0.706 bits per heavy atom.